The maximum Gasteiger partial charge on any atom is 0.229 e. The number of phenolic OH excluding ortho intramolecular Hbond substituents is 1. The Labute approximate surface area is 205 Å². The highest BCUT2D eigenvalue weighted by Gasteiger charge is 2.30. The average Bonchev–Trinajstić information content (AvgIpc) is 3.28. The number of piperidine rings is 1. The van der Waals surface area contributed by atoms with Gasteiger partial charge in [0.2, 0.25) is 14.9 Å². The molecule has 2 atom stereocenters. The molecule has 1 fully saturated rings. The highest BCUT2D eigenvalue weighted by molar-refractivity contribution is 7.92. The summed E-state index contributed by atoms with van der Waals surface area (Å²) in [6.45, 7) is 2.39. The molecule has 0 saturated carbocycles. The normalized spacial score (nSPS) is 17.6. The molecule has 0 spiro atoms. The Balaban J connectivity index is 1.25. The number of anilines is 1. The number of rotatable bonds is 9. The molecule has 10 nitrogen and oxygen atoms in total. The highest BCUT2D eigenvalue weighted by Crippen LogP contribution is 2.29. The first-order chi connectivity index (χ1) is 16.2. The van der Waals surface area contributed by atoms with Crippen LogP contribution in [0.15, 0.2) is 41.3 Å². The van der Waals surface area contributed by atoms with Crippen LogP contribution in [0.4, 0.5) is 5.69 Å². The van der Waals surface area contributed by atoms with Crippen LogP contribution >= 0.6 is 11.7 Å². The molecule has 3 aromatic rings. The van der Waals surface area contributed by atoms with Crippen LogP contribution in [-0.2, 0) is 21.4 Å². The van der Waals surface area contributed by atoms with Crippen LogP contribution in [0, 0.1) is 5.92 Å². The third kappa shape index (κ3) is 6.16. The van der Waals surface area contributed by atoms with Crippen LogP contribution in [0.2, 0.25) is 0 Å². The predicted octanol–water partition coefficient (Wildman–Crippen LogP) is 1.83. The van der Waals surface area contributed by atoms with Gasteiger partial charge in [-0.15, -0.1) is 4.31 Å². The van der Waals surface area contributed by atoms with Crippen LogP contribution in [0.25, 0.3) is 11.0 Å². The van der Waals surface area contributed by atoms with E-state index in [4.69, 9.17) is 0 Å². The molecule has 2 aromatic carbocycles. The van der Waals surface area contributed by atoms with Crippen LogP contribution < -0.4 is 10.0 Å². The second-order valence-electron chi connectivity index (χ2n) is 8.33. The first-order valence-electron chi connectivity index (χ1n) is 10.8. The summed E-state index contributed by atoms with van der Waals surface area (Å²) in [5.74, 6) is 0.181. The van der Waals surface area contributed by atoms with Crippen LogP contribution in [0.1, 0.15) is 24.5 Å². The van der Waals surface area contributed by atoms with E-state index in [9.17, 15) is 23.2 Å². The Hall–Kier alpha value is -2.00. The molecule has 1 aliphatic rings. The van der Waals surface area contributed by atoms with Gasteiger partial charge in [0.1, 0.15) is 11.3 Å². The van der Waals surface area contributed by atoms with Gasteiger partial charge in [0.25, 0.3) is 0 Å². The Kier molecular flexibility index (Phi) is 7.92. The van der Waals surface area contributed by atoms with Gasteiger partial charge in [-0.05, 0) is 55.1 Å². The monoisotopic (exact) mass is 525 g/mol. The van der Waals surface area contributed by atoms with E-state index in [-0.39, 0.29) is 18.0 Å². The van der Waals surface area contributed by atoms with Crippen molar-refractivity contribution < 1.29 is 23.2 Å². The fourth-order valence-electron chi connectivity index (χ4n) is 3.93. The minimum Gasteiger partial charge on any atom is -0.593 e. The average molecular weight is 526 g/mol. The molecule has 34 heavy (non-hydrogen) atoms. The fraction of sp³-hybridized carbons (Fsp3) is 0.429. The van der Waals surface area contributed by atoms with Gasteiger partial charge >= 0.3 is 0 Å². The maximum absolute atomic E-state index is 13.1. The van der Waals surface area contributed by atoms with E-state index in [0.717, 1.165) is 36.3 Å². The van der Waals surface area contributed by atoms with Gasteiger partial charge < -0.3 is 20.1 Å². The number of nitrogens with one attached hydrogen (secondary N) is 2. The second-order valence-corrected chi connectivity index (χ2v) is 12.1. The fourth-order valence-corrected chi connectivity index (χ4v) is 6.43. The number of nitrogens with zero attached hydrogens (tertiary/aromatic N) is 3. The minimum absolute atomic E-state index is 0.0311. The maximum atomic E-state index is 13.1. The third-order valence-corrected chi connectivity index (χ3v) is 8.39. The zero-order valence-electron chi connectivity index (χ0n) is 18.5. The van der Waals surface area contributed by atoms with Crippen molar-refractivity contribution in [1.82, 2.24) is 18.4 Å². The van der Waals surface area contributed by atoms with Crippen molar-refractivity contribution in [2.24, 2.45) is 5.92 Å². The summed E-state index contributed by atoms with van der Waals surface area (Å²) < 4.78 is 48.7. The van der Waals surface area contributed by atoms with Gasteiger partial charge in [-0.2, -0.15) is 8.75 Å². The lowest BCUT2D eigenvalue weighted by atomic mass is 9.98. The number of aromatic nitrogens is 2. The van der Waals surface area contributed by atoms with Gasteiger partial charge in [-0.3, -0.25) is 4.72 Å². The summed E-state index contributed by atoms with van der Waals surface area (Å²) >= 11 is -0.159. The molecular formula is C21H27N5O5S3. The molecule has 4 rings (SSSR count). The number of aliphatic hydroxyl groups excluding tert-OH is 1. The van der Waals surface area contributed by atoms with Crippen LogP contribution in [0.3, 0.4) is 0 Å². The molecular weight excluding hydrogens is 498 g/mol. The standard InChI is InChI=1S/C21H27N5O5S3/c1-34(30,31)25-17-11-15(5-6-18(17)27)19(28)13-22-12-14-7-9-26(10-8-14)33(29)20-4-2-3-16-21(20)24-32-23-16/h2-6,11,14,19,22,25,27-28H,7-10,12-13H2,1H3/t19-,33?/m0/s1. The molecule has 0 bridgehead atoms. The highest BCUT2D eigenvalue weighted by atomic mass is 32.2. The van der Waals surface area contributed by atoms with E-state index in [1.54, 1.807) is 6.07 Å². The lowest BCUT2D eigenvalue weighted by molar-refractivity contribution is 0.169. The van der Waals surface area contributed by atoms with Crippen molar-refractivity contribution in [1.29, 1.82) is 0 Å². The number of benzene rings is 2. The number of aliphatic hydroxyl groups is 1. The van der Waals surface area contributed by atoms with E-state index in [1.165, 1.54) is 12.1 Å². The zero-order chi connectivity index (χ0) is 24.3. The summed E-state index contributed by atoms with van der Waals surface area (Å²) in [5, 5.41) is 23.6. The van der Waals surface area contributed by atoms with Gasteiger partial charge in [-0.1, -0.05) is 12.1 Å². The van der Waals surface area contributed by atoms with E-state index in [1.807, 2.05) is 22.5 Å². The summed E-state index contributed by atoms with van der Waals surface area (Å²) in [6.07, 6.45) is 1.89. The second kappa shape index (κ2) is 10.7. The smallest absolute Gasteiger partial charge is 0.229 e. The first-order valence-corrected chi connectivity index (χ1v) is 14.5. The van der Waals surface area contributed by atoms with Crippen molar-refractivity contribution in [3.05, 3.63) is 42.0 Å². The largest absolute Gasteiger partial charge is 0.593 e. The van der Waals surface area contributed by atoms with Gasteiger partial charge in [-0.25, -0.2) is 8.42 Å². The molecule has 1 unspecified atom stereocenters. The van der Waals surface area contributed by atoms with Gasteiger partial charge in [0.05, 0.1) is 41.1 Å². The Morgan fingerprint density at radius 3 is 2.76 bits per heavy atom. The lowest BCUT2D eigenvalue weighted by Gasteiger charge is -2.31. The number of hydrogen-bond donors (Lipinski definition) is 4. The SMILES string of the molecule is CS(=O)(=O)Nc1cc([C@@H](O)CNCC2CCN([S+]([O-])c3cccc4nsnc34)CC2)ccc1O. The molecule has 0 aliphatic carbocycles. The summed E-state index contributed by atoms with van der Waals surface area (Å²) in [4.78, 5) is 0.699. The minimum atomic E-state index is -3.55. The molecule has 1 saturated heterocycles. The van der Waals surface area contributed by atoms with Crippen molar-refractivity contribution in [3.63, 3.8) is 0 Å². The van der Waals surface area contributed by atoms with Crippen LogP contribution in [0.5, 0.6) is 5.75 Å². The van der Waals surface area contributed by atoms with Crippen molar-refractivity contribution >= 4 is 49.8 Å². The number of phenols is 1. The van der Waals surface area contributed by atoms with E-state index in [0.29, 0.717) is 41.5 Å². The third-order valence-electron chi connectivity index (χ3n) is 5.72. The van der Waals surface area contributed by atoms with E-state index in [2.05, 4.69) is 18.8 Å². The molecule has 184 valence electrons. The Bertz CT molecular complexity index is 1230. The zero-order valence-corrected chi connectivity index (χ0v) is 21.0. The Morgan fingerprint density at radius 2 is 2.03 bits per heavy atom. The summed E-state index contributed by atoms with van der Waals surface area (Å²) in [7, 11) is -3.55. The topological polar surface area (TPSA) is 151 Å². The Morgan fingerprint density at radius 1 is 1.26 bits per heavy atom. The molecule has 0 radical (unpaired) electrons. The number of fused-ring (bicyclic) bond motifs is 1. The van der Waals surface area contributed by atoms with Crippen molar-refractivity contribution in [2.75, 3.05) is 37.2 Å². The van der Waals surface area contributed by atoms with Crippen molar-refractivity contribution in [3.8, 4) is 5.75 Å². The van der Waals surface area contributed by atoms with Crippen LogP contribution in [-0.4, -0.2) is 68.7 Å². The first kappa shape index (κ1) is 25.1. The summed E-state index contributed by atoms with van der Waals surface area (Å²) in [5.41, 5.74) is 1.99. The molecule has 1 aliphatic heterocycles. The number of aromatic hydroxyl groups is 1. The molecule has 2 heterocycles. The lowest BCUT2D eigenvalue weighted by Crippen LogP contribution is -2.41. The molecule has 1 aromatic heterocycles. The van der Waals surface area contributed by atoms with Gasteiger partial charge in [0, 0.05) is 19.6 Å². The van der Waals surface area contributed by atoms with Gasteiger partial charge in [0.15, 0.2) is 5.52 Å². The quantitative estimate of drug-likeness (QED) is 0.242. The molecule has 4 N–H and O–H groups in total. The van der Waals surface area contributed by atoms with Crippen molar-refractivity contribution in [2.45, 2.75) is 23.8 Å². The predicted molar refractivity (Wildman–Crippen MR) is 133 cm³/mol. The summed E-state index contributed by atoms with van der Waals surface area (Å²) in [6, 6.07) is 9.90. The van der Waals surface area contributed by atoms with E-state index >= 15 is 0 Å². The number of sulfonamides is 1. The number of hydrogen-bond acceptors (Lipinski definition) is 10. The van der Waals surface area contributed by atoms with E-state index < -0.39 is 27.5 Å². The molecule has 0 amide bonds. The molecule has 13 heteroatoms.